The Hall–Kier alpha value is -2.81. The highest BCUT2D eigenvalue weighted by Crippen LogP contribution is 2.36. The Balaban J connectivity index is 1.64. The predicted octanol–water partition coefficient (Wildman–Crippen LogP) is 3.87. The number of ether oxygens (including phenoxy) is 1. The lowest BCUT2D eigenvalue weighted by Crippen LogP contribution is -2.40. The lowest BCUT2D eigenvalue weighted by molar-refractivity contribution is -0.126. The number of piperidine rings is 1. The maximum atomic E-state index is 14.3. The van der Waals surface area contributed by atoms with E-state index in [9.17, 15) is 18.4 Å². The molecule has 9 heteroatoms. The van der Waals surface area contributed by atoms with Crippen LogP contribution in [-0.4, -0.2) is 41.4 Å². The van der Waals surface area contributed by atoms with Gasteiger partial charge >= 0.3 is 0 Å². The maximum absolute atomic E-state index is 14.3. The van der Waals surface area contributed by atoms with Gasteiger partial charge in [-0.05, 0) is 25.3 Å². The number of carbonyl (C=O) groups excluding carboxylic acids is 2. The van der Waals surface area contributed by atoms with Gasteiger partial charge in [0.25, 0.3) is 5.92 Å². The number of anilines is 1. The highest BCUT2D eigenvalue weighted by atomic mass is 19.3. The maximum Gasteiger partial charge on any atom is 0.273 e. The van der Waals surface area contributed by atoms with Crippen LogP contribution in [-0.2, 0) is 20.2 Å². The Morgan fingerprint density at radius 1 is 1.28 bits per heavy atom. The SMILES string of the molecule is CCC(F)(F)c1cccc(-c2cc(NC(=O)C3CCC(=O)NC3)nn2C2CCOCC2)c1. The van der Waals surface area contributed by atoms with E-state index in [0.29, 0.717) is 49.7 Å². The van der Waals surface area contributed by atoms with Crippen molar-refractivity contribution in [1.29, 1.82) is 0 Å². The summed E-state index contributed by atoms with van der Waals surface area (Å²) in [7, 11) is 0. The van der Waals surface area contributed by atoms with E-state index in [1.165, 1.54) is 19.1 Å². The molecule has 3 heterocycles. The summed E-state index contributed by atoms with van der Waals surface area (Å²) >= 11 is 0. The third-order valence-electron chi connectivity index (χ3n) is 6.18. The van der Waals surface area contributed by atoms with Gasteiger partial charge in [0, 0.05) is 49.8 Å². The Bertz CT molecular complexity index is 975. The molecule has 7 nitrogen and oxygen atoms in total. The van der Waals surface area contributed by atoms with Crippen LogP contribution >= 0.6 is 0 Å². The van der Waals surface area contributed by atoms with Crippen LogP contribution in [0.15, 0.2) is 30.3 Å². The monoisotopic (exact) mass is 446 g/mol. The zero-order chi connectivity index (χ0) is 22.7. The van der Waals surface area contributed by atoms with Crippen LogP contribution in [0, 0.1) is 5.92 Å². The molecule has 0 radical (unpaired) electrons. The lowest BCUT2D eigenvalue weighted by Gasteiger charge is -2.24. The van der Waals surface area contributed by atoms with E-state index in [0.717, 1.165) is 12.8 Å². The van der Waals surface area contributed by atoms with Crippen molar-refractivity contribution in [3.8, 4) is 11.3 Å². The molecule has 2 aliphatic heterocycles. The van der Waals surface area contributed by atoms with Crippen molar-refractivity contribution >= 4 is 17.6 Å². The molecular weight excluding hydrogens is 418 g/mol. The highest BCUT2D eigenvalue weighted by molar-refractivity contribution is 5.93. The average molecular weight is 446 g/mol. The topological polar surface area (TPSA) is 85.3 Å². The number of hydrogen-bond donors (Lipinski definition) is 2. The first-order valence-electron chi connectivity index (χ1n) is 11.1. The average Bonchev–Trinajstić information content (AvgIpc) is 3.24. The Kier molecular flexibility index (Phi) is 6.55. The van der Waals surface area contributed by atoms with E-state index in [1.807, 2.05) is 4.68 Å². The third-order valence-corrected chi connectivity index (χ3v) is 6.18. The summed E-state index contributed by atoms with van der Waals surface area (Å²) in [5, 5.41) is 10.2. The van der Waals surface area contributed by atoms with E-state index in [-0.39, 0.29) is 35.8 Å². The van der Waals surface area contributed by atoms with E-state index >= 15 is 0 Å². The molecule has 0 bridgehead atoms. The summed E-state index contributed by atoms with van der Waals surface area (Å²) in [6.07, 6.45) is 2.02. The van der Waals surface area contributed by atoms with E-state index in [2.05, 4.69) is 15.7 Å². The van der Waals surface area contributed by atoms with Gasteiger partial charge in [-0.3, -0.25) is 14.3 Å². The van der Waals surface area contributed by atoms with Crippen LogP contribution < -0.4 is 10.6 Å². The normalized spacial score (nSPS) is 20.1. The number of nitrogens with one attached hydrogen (secondary N) is 2. The van der Waals surface area contributed by atoms with Gasteiger partial charge in [-0.25, -0.2) is 8.78 Å². The van der Waals surface area contributed by atoms with Crippen molar-refractivity contribution in [1.82, 2.24) is 15.1 Å². The molecular formula is C23H28F2N4O3. The number of nitrogens with zero attached hydrogens (tertiary/aromatic N) is 2. The number of rotatable bonds is 6. The van der Waals surface area contributed by atoms with Crippen molar-refractivity contribution in [3.63, 3.8) is 0 Å². The summed E-state index contributed by atoms with van der Waals surface area (Å²) in [5.41, 5.74) is 1.26. The Morgan fingerprint density at radius 3 is 2.75 bits per heavy atom. The molecule has 1 aromatic carbocycles. The van der Waals surface area contributed by atoms with Gasteiger partial charge in [0.15, 0.2) is 5.82 Å². The van der Waals surface area contributed by atoms with Crippen molar-refractivity contribution in [2.24, 2.45) is 5.92 Å². The number of alkyl halides is 2. The molecule has 172 valence electrons. The third kappa shape index (κ3) is 4.82. The van der Waals surface area contributed by atoms with E-state index in [1.54, 1.807) is 18.2 Å². The molecule has 2 aliphatic rings. The molecule has 0 spiro atoms. The minimum atomic E-state index is -2.91. The van der Waals surface area contributed by atoms with Gasteiger partial charge in [0.05, 0.1) is 17.7 Å². The molecule has 2 N–H and O–H groups in total. The van der Waals surface area contributed by atoms with Gasteiger partial charge in [-0.15, -0.1) is 0 Å². The van der Waals surface area contributed by atoms with Crippen molar-refractivity contribution < 1.29 is 23.1 Å². The van der Waals surface area contributed by atoms with Gasteiger partial charge in [0.1, 0.15) is 0 Å². The zero-order valence-electron chi connectivity index (χ0n) is 18.1. The molecule has 32 heavy (non-hydrogen) atoms. The van der Waals surface area contributed by atoms with Crippen molar-refractivity contribution in [3.05, 3.63) is 35.9 Å². The molecule has 0 aliphatic carbocycles. The van der Waals surface area contributed by atoms with Crippen LogP contribution in [0.4, 0.5) is 14.6 Å². The Labute approximate surface area is 185 Å². The lowest BCUT2D eigenvalue weighted by atomic mass is 9.98. The van der Waals surface area contributed by atoms with Crippen LogP contribution in [0.1, 0.15) is 50.6 Å². The molecule has 2 aromatic rings. The molecule has 0 saturated carbocycles. The fourth-order valence-electron chi connectivity index (χ4n) is 4.17. The summed E-state index contributed by atoms with van der Waals surface area (Å²) < 4.78 is 35.9. The van der Waals surface area contributed by atoms with Gasteiger partial charge in [0.2, 0.25) is 11.8 Å². The van der Waals surface area contributed by atoms with Gasteiger partial charge in [-0.1, -0.05) is 25.1 Å². The smallest absolute Gasteiger partial charge is 0.273 e. The minimum Gasteiger partial charge on any atom is -0.381 e. The number of aromatic nitrogens is 2. The van der Waals surface area contributed by atoms with E-state index in [4.69, 9.17) is 4.74 Å². The number of halogens is 2. The van der Waals surface area contributed by atoms with Crippen LogP contribution in [0.25, 0.3) is 11.3 Å². The van der Waals surface area contributed by atoms with Gasteiger partial charge < -0.3 is 15.4 Å². The molecule has 1 unspecified atom stereocenters. The first-order chi connectivity index (χ1) is 15.4. The van der Waals surface area contributed by atoms with E-state index < -0.39 is 5.92 Å². The fraction of sp³-hybridized carbons (Fsp3) is 0.522. The number of benzene rings is 1. The number of hydrogen-bond acceptors (Lipinski definition) is 4. The molecule has 2 fully saturated rings. The summed E-state index contributed by atoms with van der Waals surface area (Å²) in [5.74, 6) is -3.12. The van der Waals surface area contributed by atoms with Crippen molar-refractivity contribution in [2.45, 2.75) is 51.0 Å². The standard InChI is InChI=1S/C23H28F2N4O3/c1-2-23(24,25)17-5-3-4-15(12-17)19-13-20(28-29(19)18-8-10-32-11-9-18)27-22(31)16-6-7-21(30)26-14-16/h3-5,12-13,16,18H,2,6-11,14H2,1H3,(H,26,30)(H,27,28,31). The summed E-state index contributed by atoms with van der Waals surface area (Å²) in [4.78, 5) is 24.1. The van der Waals surface area contributed by atoms with Crippen LogP contribution in [0.5, 0.6) is 0 Å². The molecule has 1 aromatic heterocycles. The largest absolute Gasteiger partial charge is 0.381 e. The molecule has 1 atom stereocenters. The number of amides is 2. The first kappa shape index (κ1) is 22.4. The first-order valence-corrected chi connectivity index (χ1v) is 11.1. The highest BCUT2D eigenvalue weighted by Gasteiger charge is 2.30. The van der Waals surface area contributed by atoms with Crippen LogP contribution in [0.3, 0.4) is 0 Å². The second kappa shape index (κ2) is 9.36. The van der Waals surface area contributed by atoms with Crippen molar-refractivity contribution in [2.75, 3.05) is 25.1 Å². The summed E-state index contributed by atoms with van der Waals surface area (Å²) in [6, 6.07) is 8.12. The fourth-order valence-corrected chi connectivity index (χ4v) is 4.17. The quantitative estimate of drug-likeness (QED) is 0.706. The zero-order valence-corrected chi connectivity index (χ0v) is 18.1. The number of carbonyl (C=O) groups is 2. The molecule has 2 saturated heterocycles. The van der Waals surface area contributed by atoms with Crippen LogP contribution in [0.2, 0.25) is 0 Å². The van der Waals surface area contributed by atoms with Gasteiger partial charge in [-0.2, -0.15) is 5.10 Å². The second-order valence-corrected chi connectivity index (χ2v) is 8.37. The minimum absolute atomic E-state index is 0.0410. The summed E-state index contributed by atoms with van der Waals surface area (Å²) in [6.45, 7) is 2.95. The second-order valence-electron chi connectivity index (χ2n) is 8.37. The molecule has 2 amide bonds. The molecule has 4 rings (SSSR count). The predicted molar refractivity (Wildman–Crippen MR) is 115 cm³/mol. The Morgan fingerprint density at radius 2 is 2.06 bits per heavy atom.